The van der Waals surface area contributed by atoms with E-state index in [4.69, 9.17) is 0 Å². The SMILES string of the molecule is CSC1CCC(N2C(=O)C(C(C)C)NC2C)CC1. The summed E-state index contributed by atoms with van der Waals surface area (Å²) < 4.78 is 0. The Morgan fingerprint density at radius 1 is 1.28 bits per heavy atom. The molecule has 4 heteroatoms. The second-order valence-corrected chi connectivity index (χ2v) is 7.11. The van der Waals surface area contributed by atoms with Crippen LogP contribution in [0.1, 0.15) is 46.5 Å². The second-order valence-electron chi connectivity index (χ2n) is 5.98. The molecule has 0 aromatic carbocycles. The molecule has 1 N–H and O–H groups in total. The highest BCUT2D eigenvalue weighted by Crippen LogP contribution is 2.32. The van der Waals surface area contributed by atoms with Crippen LogP contribution >= 0.6 is 11.8 Å². The molecule has 3 nitrogen and oxygen atoms in total. The number of nitrogens with one attached hydrogen (secondary N) is 1. The normalized spacial score (nSPS) is 37.6. The van der Waals surface area contributed by atoms with Crippen molar-refractivity contribution in [3.63, 3.8) is 0 Å². The lowest BCUT2D eigenvalue weighted by Crippen LogP contribution is -2.45. The molecule has 18 heavy (non-hydrogen) atoms. The van der Waals surface area contributed by atoms with Crippen molar-refractivity contribution < 1.29 is 4.79 Å². The van der Waals surface area contributed by atoms with Crippen LogP contribution < -0.4 is 5.32 Å². The highest BCUT2D eigenvalue weighted by molar-refractivity contribution is 7.99. The molecule has 1 saturated carbocycles. The molecule has 1 amide bonds. The monoisotopic (exact) mass is 270 g/mol. The lowest BCUT2D eigenvalue weighted by molar-refractivity contribution is -0.133. The standard InChI is InChI=1S/C14H26N2OS/c1-9(2)13-14(17)16(10(3)15-13)11-5-7-12(18-4)8-6-11/h9-13,15H,5-8H2,1-4H3. The molecule has 2 fully saturated rings. The van der Waals surface area contributed by atoms with Crippen molar-refractivity contribution in [1.29, 1.82) is 0 Å². The number of hydrogen-bond donors (Lipinski definition) is 1. The highest BCUT2D eigenvalue weighted by Gasteiger charge is 2.42. The molecule has 1 aliphatic carbocycles. The number of carbonyl (C=O) groups is 1. The van der Waals surface area contributed by atoms with Gasteiger partial charge in [-0.15, -0.1) is 0 Å². The quantitative estimate of drug-likeness (QED) is 0.855. The summed E-state index contributed by atoms with van der Waals surface area (Å²) in [6.07, 6.45) is 7.27. The van der Waals surface area contributed by atoms with Crippen molar-refractivity contribution in [2.75, 3.05) is 6.26 Å². The molecule has 1 heterocycles. The lowest BCUT2D eigenvalue weighted by Gasteiger charge is -2.36. The fraction of sp³-hybridized carbons (Fsp3) is 0.929. The van der Waals surface area contributed by atoms with Crippen LogP contribution in [0.3, 0.4) is 0 Å². The Balaban J connectivity index is 1.99. The van der Waals surface area contributed by atoms with Crippen molar-refractivity contribution in [1.82, 2.24) is 10.2 Å². The van der Waals surface area contributed by atoms with Gasteiger partial charge in [0.2, 0.25) is 5.91 Å². The first kappa shape index (κ1) is 14.2. The van der Waals surface area contributed by atoms with E-state index < -0.39 is 0 Å². The van der Waals surface area contributed by atoms with E-state index in [1.807, 2.05) is 11.8 Å². The molecule has 0 aromatic rings. The van der Waals surface area contributed by atoms with Gasteiger partial charge in [0.05, 0.1) is 12.2 Å². The predicted molar refractivity (Wildman–Crippen MR) is 77.6 cm³/mol. The van der Waals surface area contributed by atoms with Crippen LogP contribution in [0.2, 0.25) is 0 Å². The van der Waals surface area contributed by atoms with Crippen LogP contribution in [0.15, 0.2) is 0 Å². The maximum absolute atomic E-state index is 12.5. The molecule has 2 rings (SSSR count). The summed E-state index contributed by atoms with van der Waals surface area (Å²) in [5.74, 6) is 0.706. The highest BCUT2D eigenvalue weighted by atomic mass is 32.2. The summed E-state index contributed by atoms with van der Waals surface area (Å²) in [5.41, 5.74) is 0. The number of hydrogen-bond acceptors (Lipinski definition) is 3. The Kier molecular flexibility index (Phi) is 4.59. The summed E-state index contributed by atoms with van der Waals surface area (Å²) in [4.78, 5) is 14.6. The van der Waals surface area contributed by atoms with Gasteiger partial charge in [-0.2, -0.15) is 11.8 Å². The Hall–Kier alpha value is -0.220. The van der Waals surface area contributed by atoms with Gasteiger partial charge in [0, 0.05) is 11.3 Å². The van der Waals surface area contributed by atoms with E-state index in [-0.39, 0.29) is 12.2 Å². The Morgan fingerprint density at radius 2 is 1.89 bits per heavy atom. The fourth-order valence-corrected chi connectivity index (χ4v) is 4.04. The Morgan fingerprint density at radius 3 is 2.33 bits per heavy atom. The first-order chi connectivity index (χ1) is 8.54. The number of carbonyl (C=O) groups excluding carboxylic acids is 1. The molecular weight excluding hydrogens is 244 g/mol. The maximum atomic E-state index is 12.5. The number of amides is 1. The Bertz CT molecular complexity index is 300. The molecule has 1 aliphatic heterocycles. The first-order valence-corrected chi connectivity index (χ1v) is 8.44. The lowest BCUT2D eigenvalue weighted by atomic mass is 9.93. The molecule has 2 aliphatic rings. The van der Waals surface area contributed by atoms with E-state index >= 15 is 0 Å². The van der Waals surface area contributed by atoms with E-state index in [9.17, 15) is 4.79 Å². The summed E-state index contributed by atoms with van der Waals surface area (Å²) in [6, 6.07) is 0.491. The van der Waals surface area contributed by atoms with Crippen LogP contribution in [0.4, 0.5) is 0 Å². The topological polar surface area (TPSA) is 32.3 Å². The van der Waals surface area contributed by atoms with Gasteiger partial charge in [-0.1, -0.05) is 13.8 Å². The average molecular weight is 270 g/mol. The van der Waals surface area contributed by atoms with Gasteiger partial charge in [0.15, 0.2) is 0 Å². The summed E-state index contributed by atoms with van der Waals surface area (Å²) >= 11 is 1.98. The number of rotatable bonds is 3. The molecule has 2 atom stereocenters. The van der Waals surface area contributed by atoms with E-state index in [2.05, 4.69) is 37.2 Å². The Labute approximate surface area is 115 Å². The van der Waals surface area contributed by atoms with Gasteiger partial charge in [-0.25, -0.2) is 0 Å². The largest absolute Gasteiger partial charge is 0.323 e. The molecular formula is C14H26N2OS. The minimum absolute atomic E-state index is 0.0262. The van der Waals surface area contributed by atoms with Crippen molar-refractivity contribution >= 4 is 17.7 Å². The van der Waals surface area contributed by atoms with Gasteiger partial charge in [-0.05, 0) is 44.8 Å². The van der Waals surface area contributed by atoms with Crippen molar-refractivity contribution in [3.8, 4) is 0 Å². The molecule has 0 spiro atoms. The summed E-state index contributed by atoms with van der Waals surface area (Å²) in [5, 5.41) is 4.26. The van der Waals surface area contributed by atoms with Gasteiger partial charge in [0.25, 0.3) is 0 Å². The molecule has 0 radical (unpaired) electrons. The van der Waals surface area contributed by atoms with E-state index in [0.717, 1.165) is 5.25 Å². The molecule has 0 aromatic heterocycles. The van der Waals surface area contributed by atoms with Gasteiger partial charge in [-0.3, -0.25) is 10.1 Å². The smallest absolute Gasteiger partial charge is 0.241 e. The molecule has 2 unspecified atom stereocenters. The predicted octanol–water partition coefficient (Wildman–Crippen LogP) is 2.46. The summed E-state index contributed by atoms with van der Waals surface area (Å²) in [6.45, 7) is 6.37. The molecule has 1 saturated heterocycles. The summed E-state index contributed by atoms with van der Waals surface area (Å²) in [7, 11) is 0. The third-order valence-electron chi connectivity index (χ3n) is 4.40. The van der Waals surface area contributed by atoms with Crippen molar-refractivity contribution in [3.05, 3.63) is 0 Å². The first-order valence-electron chi connectivity index (χ1n) is 7.15. The van der Waals surface area contributed by atoms with Gasteiger partial charge < -0.3 is 4.90 Å². The number of thioether (sulfide) groups is 1. The van der Waals surface area contributed by atoms with Crippen LogP contribution in [0.25, 0.3) is 0 Å². The zero-order valence-electron chi connectivity index (χ0n) is 12.0. The van der Waals surface area contributed by atoms with Crippen molar-refractivity contribution in [2.45, 2.75) is 70.0 Å². The van der Waals surface area contributed by atoms with Crippen LogP contribution in [0.5, 0.6) is 0 Å². The molecule has 0 bridgehead atoms. The van der Waals surface area contributed by atoms with Gasteiger partial charge >= 0.3 is 0 Å². The van der Waals surface area contributed by atoms with E-state index in [1.165, 1.54) is 25.7 Å². The van der Waals surface area contributed by atoms with E-state index in [0.29, 0.717) is 17.9 Å². The minimum Gasteiger partial charge on any atom is -0.323 e. The van der Waals surface area contributed by atoms with Crippen molar-refractivity contribution in [2.24, 2.45) is 5.92 Å². The average Bonchev–Trinajstić information content (AvgIpc) is 2.65. The number of nitrogens with zero attached hydrogens (tertiary/aromatic N) is 1. The zero-order chi connectivity index (χ0) is 13.3. The minimum atomic E-state index is 0.0262. The third kappa shape index (κ3) is 2.69. The third-order valence-corrected chi connectivity index (χ3v) is 5.53. The van der Waals surface area contributed by atoms with E-state index in [1.54, 1.807) is 0 Å². The fourth-order valence-electron chi connectivity index (χ4n) is 3.30. The van der Waals surface area contributed by atoms with Gasteiger partial charge in [0.1, 0.15) is 0 Å². The maximum Gasteiger partial charge on any atom is 0.241 e. The van der Waals surface area contributed by atoms with Crippen LogP contribution in [-0.2, 0) is 4.79 Å². The second kappa shape index (κ2) is 5.83. The zero-order valence-corrected chi connectivity index (χ0v) is 12.8. The molecule has 104 valence electrons. The van der Waals surface area contributed by atoms with Crippen LogP contribution in [-0.4, -0.2) is 40.6 Å². The van der Waals surface area contributed by atoms with Crippen LogP contribution in [0, 0.1) is 5.92 Å².